The third-order valence-corrected chi connectivity index (χ3v) is 4.23. The summed E-state index contributed by atoms with van der Waals surface area (Å²) in [5.41, 5.74) is 4.10. The van der Waals surface area contributed by atoms with Gasteiger partial charge in [0, 0.05) is 35.6 Å². The fraction of sp³-hybridized carbons (Fsp3) is 0.118. The van der Waals surface area contributed by atoms with Crippen LogP contribution in [0.15, 0.2) is 54.2 Å². The number of aromatic nitrogens is 2. The maximum absolute atomic E-state index is 5.34. The normalized spacial score (nSPS) is 10.3. The molecule has 0 aliphatic heterocycles. The number of hydrogen-bond acceptors (Lipinski definition) is 4. The van der Waals surface area contributed by atoms with Crippen molar-refractivity contribution in [3.05, 3.63) is 64.7 Å². The molecule has 0 fully saturated rings. The first-order valence-electron chi connectivity index (χ1n) is 7.17. The van der Waals surface area contributed by atoms with Gasteiger partial charge in [0.1, 0.15) is 0 Å². The van der Waals surface area contributed by atoms with E-state index >= 15 is 0 Å². The van der Waals surface area contributed by atoms with Crippen LogP contribution in [0.4, 0.5) is 5.69 Å². The molecule has 1 aromatic carbocycles. The summed E-state index contributed by atoms with van der Waals surface area (Å²) in [4.78, 5) is 8.60. The molecule has 0 aliphatic rings. The van der Waals surface area contributed by atoms with Gasteiger partial charge in [-0.3, -0.25) is 4.98 Å². The van der Waals surface area contributed by atoms with Gasteiger partial charge in [0.15, 0.2) is 5.11 Å². The average Bonchev–Trinajstić information content (AvgIpc) is 3.01. The number of pyridine rings is 1. The van der Waals surface area contributed by atoms with Crippen LogP contribution in [0.2, 0.25) is 0 Å². The van der Waals surface area contributed by atoms with Crippen LogP contribution in [0.3, 0.4) is 0 Å². The SMILES string of the molecule is Cc1nc(-c2cccc(NC(=S)NCc3cccnc3)c2)cs1. The molecule has 0 bridgehead atoms. The summed E-state index contributed by atoms with van der Waals surface area (Å²) in [6.07, 6.45) is 3.58. The number of thiocarbonyl (C=S) groups is 1. The highest BCUT2D eigenvalue weighted by molar-refractivity contribution is 7.80. The van der Waals surface area contributed by atoms with Crippen molar-refractivity contribution in [2.45, 2.75) is 13.5 Å². The monoisotopic (exact) mass is 340 g/mol. The molecule has 6 heteroatoms. The molecule has 0 spiro atoms. The first-order chi connectivity index (χ1) is 11.2. The van der Waals surface area contributed by atoms with E-state index in [4.69, 9.17) is 12.2 Å². The fourth-order valence-corrected chi connectivity index (χ4v) is 2.92. The molecule has 4 nitrogen and oxygen atoms in total. The first-order valence-corrected chi connectivity index (χ1v) is 8.46. The molecular formula is C17H16N4S2. The summed E-state index contributed by atoms with van der Waals surface area (Å²) in [6, 6.07) is 12.0. The molecule has 0 saturated heterocycles. The van der Waals surface area contributed by atoms with Crippen molar-refractivity contribution in [2.24, 2.45) is 0 Å². The lowest BCUT2D eigenvalue weighted by atomic mass is 10.1. The quantitative estimate of drug-likeness (QED) is 0.703. The summed E-state index contributed by atoms with van der Waals surface area (Å²) < 4.78 is 0. The smallest absolute Gasteiger partial charge is 0.171 e. The Bertz CT molecular complexity index is 799. The van der Waals surface area contributed by atoms with Gasteiger partial charge in [-0.2, -0.15) is 0 Å². The number of anilines is 1. The maximum Gasteiger partial charge on any atom is 0.171 e. The molecule has 116 valence electrons. The van der Waals surface area contributed by atoms with E-state index in [0.29, 0.717) is 11.7 Å². The van der Waals surface area contributed by atoms with Crippen LogP contribution in [0.5, 0.6) is 0 Å². The van der Waals surface area contributed by atoms with Gasteiger partial charge in [-0.15, -0.1) is 11.3 Å². The number of rotatable bonds is 4. The molecule has 23 heavy (non-hydrogen) atoms. The summed E-state index contributed by atoms with van der Waals surface area (Å²) in [5, 5.41) is 10.1. The molecule has 0 aliphatic carbocycles. The van der Waals surface area contributed by atoms with Gasteiger partial charge in [0.25, 0.3) is 0 Å². The van der Waals surface area contributed by atoms with Crippen molar-refractivity contribution in [1.82, 2.24) is 15.3 Å². The minimum atomic E-state index is 0.584. The minimum Gasteiger partial charge on any atom is -0.358 e. The number of benzene rings is 1. The topological polar surface area (TPSA) is 49.8 Å². The molecule has 0 amide bonds. The zero-order valence-electron chi connectivity index (χ0n) is 12.6. The van der Waals surface area contributed by atoms with E-state index in [1.807, 2.05) is 49.5 Å². The summed E-state index contributed by atoms with van der Waals surface area (Å²) in [5.74, 6) is 0. The predicted octanol–water partition coefficient (Wildman–Crippen LogP) is 4.00. The van der Waals surface area contributed by atoms with Gasteiger partial charge in [-0.1, -0.05) is 18.2 Å². The van der Waals surface area contributed by atoms with Crippen molar-refractivity contribution in [3.63, 3.8) is 0 Å². The van der Waals surface area contributed by atoms with Crippen LogP contribution < -0.4 is 10.6 Å². The van der Waals surface area contributed by atoms with E-state index in [1.165, 1.54) is 0 Å². The Morgan fingerprint density at radius 2 is 2.17 bits per heavy atom. The maximum atomic E-state index is 5.34. The number of hydrogen-bond donors (Lipinski definition) is 2. The second kappa shape index (κ2) is 7.30. The van der Waals surface area contributed by atoms with E-state index in [0.717, 1.165) is 27.5 Å². The lowest BCUT2D eigenvalue weighted by Gasteiger charge is -2.11. The van der Waals surface area contributed by atoms with Gasteiger partial charge in [0.2, 0.25) is 0 Å². The van der Waals surface area contributed by atoms with E-state index in [1.54, 1.807) is 17.5 Å². The van der Waals surface area contributed by atoms with Crippen LogP contribution in [0, 0.1) is 6.92 Å². The molecule has 2 heterocycles. The molecule has 0 saturated carbocycles. The van der Waals surface area contributed by atoms with E-state index < -0.39 is 0 Å². The number of nitrogens with one attached hydrogen (secondary N) is 2. The van der Waals surface area contributed by atoms with Crippen molar-refractivity contribution in [2.75, 3.05) is 5.32 Å². The average molecular weight is 340 g/mol. The van der Waals surface area contributed by atoms with Gasteiger partial charge in [0.05, 0.1) is 10.7 Å². The second-order valence-corrected chi connectivity index (χ2v) is 6.47. The van der Waals surface area contributed by atoms with Crippen LogP contribution in [0.25, 0.3) is 11.3 Å². The molecule has 0 atom stereocenters. The largest absolute Gasteiger partial charge is 0.358 e. The van der Waals surface area contributed by atoms with Crippen LogP contribution in [-0.4, -0.2) is 15.1 Å². The number of thiazole rings is 1. The number of aryl methyl sites for hydroxylation is 1. The highest BCUT2D eigenvalue weighted by Crippen LogP contribution is 2.24. The molecule has 3 rings (SSSR count). The van der Waals surface area contributed by atoms with Crippen LogP contribution in [-0.2, 0) is 6.54 Å². The molecule has 3 aromatic rings. The zero-order chi connectivity index (χ0) is 16.1. The molecule has 2 N–H and O–H groups in total. The van der Waals surface area contributed by atoms with Crippen LogP contribution >= 0.6 is 23.6 Å². The Hall–Kier alpha value is -2.31. The second-order valence-electron chi connectivity index (χ2n) is 5.00. The van der Waals surface area contributed by atoms with E-state index in [2.05, 4.69) is 26.0 Å². The van der Waals surface area contributed by atoms with Gasteiger partial charge in [-0.05, 0) is 42.9 Å². The lowest BCUT2D eigenvalue weighted by Crippen LogP contribution is -2.27. The first kappa shape index (κ1) is 15.6. The predicted molar refractivity (Wildman–Crippen MR) is 99.6 cm³/mol. The standard InChI is InChI=1S/C17H16N4S2/c1-12-20-16(11-23-12)14-5-2-6-15(8-14)21-17(22)19-10-13-4-3-7-18-9-13/h2-9,11H,10H2,1H3,(H2,19,21,22). The zero-order valence-corrected chi connectivity index (χ0v) is 14.2. The van der Waals surface area contributed by atoms with Crippen molar-refractivity contribution in [1.29, 1.82) is 0 Å². The summed E-state index contributed by atoms with van der Waals surface area (Å²) >= 11 is 6.99. The molecular weight excluding hydrogens is 324 g/mol. The summed E-state index contributed by atoms with van der Waals surface area (Å²) in [6.45, 7) is 2.65. The third kappa shape index (κ3) is 4.34. The third-order valence-electron chi connectivity index (χ3n) is 3.21. The van der Waals surface area contributed by atoms with Crippen molar-refractivity contribution >= 4 is 34.4 Å². The fourth-order valence-electron chi connectivity index (χ4n) is 2.11. The number of nitrogens with zero attached hydrogens (tertiary/aromatic N) is 2. The Balaban J connectivity index is 1.62. The Labute approximate surface area is 144 Å². The van der Waals surface area contributed by atoms with Gasteiger partial charge >= 0.3 is 0 Å². The van der Waals surface area contributed by atoms with Crippen molar-refractivity contribution < 1.29 is 0 Å². The lowest BCUT2D eigenvalue weighted by molar-refractivity contribution is 0.916. The highest BCUT2D eigenvalue weighted by atomic mass is 32.1. The highest BCUT2D eigenvalue weighted by Gasteiger charge is 2.04. The Morgan fingerprint density at radius 3 is 2.91 bits per heavy atom. The van der Waals surface area contributed by atoms with Crippen molar-refractivity contribution in [3.8, 4) is 11.3 Å². The van der Waals surface area contributed by atoms with E-state index in [9.17, 15) is 0 Å². The molecule has 0 radical (unpaired) electrons. The van der Waals surface area contributed by atoms with Gasteiger partial charge in [-0.25, -0.2) is 4.98 Å². The molecule has 2 aromatic heterocycles. The molecule has 0 unspecified atom stereocenters. The van der Waals surface area contributed by atoms with Gasteiger partial charge < -0.3 is 10.6 Å². The minimum absolute atomic E-state index is 0.584. The van der Waals surface area contributed by atoms with E-state index in [-0.39, 0.29) is 0 Å². The summed E-state index contributed by atoms with van der Waals surface area (Å²) in [7, 11) is 0. The Kier molecular flexibility index (Phi) is 4.95. The Morgan fingerprint density at radius 1 is 1.26 bits per heavy atom. The van der Waals surface area contributed by atoms with Crippen LogP contribution in [0.1, 0.15) is 10.6 Å².